The zero-order valence-electron chi connectivity index (χ0n) is 15.9. The van der Waals surface area contributed by atoms with E-state index in [0.29, 0.717) is 5.82 Å². The van der Waals surface area contributed by atoms with E-state index < -0.39 is 5.60 Å². The van der Waals surface area contributed by atoms with Crippen LogP contribution < -0.4 is 10.2 Å². The number of hydrogen-bond donors (Lipinski definition) is 1. The van der Waals surface area contributed by atoms with E-state index in [2.05, 4.69) is 20.2 Å². The van der Waals surface area contributed by atoms with Gasteiger partial charge in [0, 0.05) is 30.5 Å². The second kappa shape index (κ2) is 5.56. The van der Waals surface area contributed by atoms with Crippen LogP contribution in [0.3, 0.4) is 0 Å². The average Bonchev–Trinajstić information content (AvgIpc) is 3.34. The molecule has 0 radical (unpaired) electrons. The van der Waals surface area contributed by atoms with Crippen molar-refractivity contribution in [2.24, 2.45) is 5.92 Å². The van der Waals surface area contributed by atoms with Gasteiger partial charge in [-0.2, -0.15) is 0 Å². The highest BCUT2D eigenvalue weighted by molar-refractivity contribution is 5.99. The quantitative estimate of drug-likeness (QED) is 0.814. The summed E-state index contributed by atoms with van der Waals surface area (Å²) in [4.78, 5) is 37.7. The molecule has 5 rings (SSSR count). The predicted octanol–water partition coefficient (Wildman–Crippen LogP) is 2.12. The van der Waals surface area contributed by atoms with E-state index in [1.807, 2.05) is 25.7 Å². The number of fused-ring (bicyclic) bond motifs is 5. The first kappa shape index (κ1) is 16.8. The van der Waals surface area contributed by atoms with Gasteiger partial charge in [-0.15, -0.1) is 0 Å². The molecule has 1 N–H and O–H groups in total. The summed E-state index contributed by atoms with van der Waals surface area (Å²) in [5.41, 5.74) is 0.589. The Bertz CT molecular complexity index is 806. The second-order valence-electron chi connectivity index (χ2n) is 9.08. The molecule has 27 heavy (non-hydrogen) atoms. The zero-order chi connectivity index (χ0) is 18.9. The molecule has 1 saturated carbocycles. The van der Waals surface area contributed by atoms with E-state index in [9.17, 15) is 9.59 Å². The first-order chi connectivity index (χ1) is 12.8. The fourth-order valence-electron chi connectivity index (χ4n) is 4.78. The van der Waals surface area contributed by atoms with Crippen LogP contribution in [0.25, 0.3) is 0 Å². The largest absolute Gasteiger partial charge is 0.444 e. The summed E-state index contributed by atoms with van der Waals surface area (Å²) in [6.07, 6.45) is 4.16. The molecule has 4 heterocycles. The fourth-order valence-corrected chi connectivity index (χ4v) is 4.78. The molecule has 2 amide bonds. The summed E-state index contributed by atoms with van der Waals surface area (Å²) in [5, 5.41) is 2.92. The molecule has 0 aromatic carbocycles. The Morgan fingerprint density at radius 2 is 1.89 bits per heavy atom. The van der Waals surface area contributed by atoms with Crippen molar-refractivity contribution in [1.82, 2.24) is 14.9 Å². The highest BCUT2D eigenvalue weighted by Crippen LogP contribution is 2.55. The van der Waals surface area contributed by atoms with Crippen LogP contribution in [0.4, 0.5) is 16.4 Å². The van der Waals surface area contributed by atoms with Crippen LogP contribution in [0.1, 0.15) is 51.5 Å². The monoisotopic (exact) mass is 371 g/mol. The number of carbonyl (C=O) groups excluding carboxylic acids is 2. The lowest BCUT2D eigenvalue weighted by molar-refractivity contribution is -0.117. The molecule has 1 aromatic rings. The number of carbonyl (C=O) groups is 2. The first-order valence-electron chi connectivity index (χ1n) is 9.74. The fraction of sp³-hybridized carbons (Fsp3) is 0.684. The van der Waals surface area contributed by atoms with E-state index in [-0.39, 0.29) is 35.9 Å². The van der Waals surface area contributed by atoms with Crippen molar-refractivity contribution < 1.29 is 14.3 Å². The molecule has 4 unspecified atom stereocenters. The number of amides is 2. The standard InChI is InChI=1S/C19H25N5O3/c1-19(2,3)27-18(26)24-10-4-5-11(24)8-23(7-10)16-14-12-6-13(12)17(25)22-15(14)20-9-21-16/h9-13H,4-8H2,1-3H3,(H,20,21,22,25). The Morgan fingerprint density at radius 1 is 1.19 bits per heavy atom. The number of piperazine rings is 1. The number of aromatic nitrogens is 2. The van der Waals surface area contributed by atoms with E-state index in [1.165, 1.54) is 6.33 Å². The lowest BCUT2D eigenvalue weighted by Gasteiger charge is -2.42. The van der Waals surface area contributed by atoms with E-state index in [0.717, 1.165) is 43.7 Å². The van der Waals surface area contributed by atoms with Gasteiger partial charge in [0.25, 0.3) is 0 Å². The molecule has 3 aliphatic heterocycles. The van der Waals surface area contributed by atoms with Gasteiger partial charge in [-0.1, -0.05) is 0 Å². The second-order valence-corrected chi connectivity index (χ2v) is 9.08. The number of hydrogen-bond acceptors (Lipinski definition) is 6. The maximum Gasteiger partial charge on any atom is 0.410 e. The molecule has 8 nitrogen and oxygen atoms in total. The number of nitrogens with zero attached hydrogens (tertiary/aromatic N) is 4. The van der Waals surface area contributed by atoms with Gasteiger partial charge >= 0.3 is 6.09 Å². The van der Waals surface area contributed by atoms with Gasteiger partial charge in [-0.05, 0) is 40.0 Å². The van der Waals surface area contributed by atoms with E-state index in [4.69, 9.17) is 4.74 Å². The first-order valence-corrected chi connectivity index (χ1v) is 9.74. The van der Waals surface area contributed by atoms with Crippen LogP contribution in [0.5, 0.6) is 0 Å². The molecule has 1 aliphatic carbocycles. The van der Waals surface area contributed by atoms with Gasteiger partial charge in [-0.25, -0.2) is 14.8 Å². The molecule has 2 bridgehead atoms. The predicted molar refractivity (Wildman–Crippen MR) is 98.6 cm³/mol. The molecule has 8 heteroatoms. The van der Waals surface area contributed by atoms with Crippen molar-refractivity contribution in [3.05, 3.63) is 11.9 Å². The minimum Gasteiger partial charge on any atom is -0.444 e. The minimum absolute atomic E-state index is 0.0713. The van der Waals surface area contributed by atoms with Gasteiger partial charge < -0.3 is 15.0 Å². The highest BCUT2D eigenvalue weighted by Gasteiger charge is 2.52. The Balaban J connectivity index is 1.39. The van der Waals surface area contributed by atoms with Crippen molar-refractivity contribution in [1.29, 1.82) is 0 Å². The lowest BCUT2D eigenvalue weighted by atomic mass is 10.1. The Hall–Kier alpha value is -2.38. The number of ether oxygens (including phenoxy) is 1. The summed E-state index contributed by atoms with van der Waals surface area (Å²) >= 11 is 0. The van der Waals surface area contributed by atoms with Gasteiger partial charge in [-0.3, -0.25) is 9.69 Å². The van der Waals surface area contributed by atoms with Crippen LogP contribution in [-0.2, 0) is 9.53 Å². The third kappa shape index (κ3) is 2.73. The minimum atomic E-state index is -0.488. The Kier molecular flexibility index (Phi) is 3.45. The summed E-state index contributed by atoms with van der Waals surface area (Å²) in [5.74, 6) is 1.97. The average molecular weight is 371 g/mol. The van der Waals surface area contributed by atoms with Crippen LogP contribution >= 0.6 is 0 Å². The number of anilines is 2. The molecule has 3 fully saturated rings. The van der Waals surface area contributed by atoms with Gasteiger partial charge in [0.15, 0.2) is 0 Å². The smallest absolute Gasteiger partial charge is 0.410 e. The van der Waals surface area contributed by atoms with Crippen LogP contribution in [-0.4, -0.2) is 57.6 Å². The van der Waals surface area contributed by atoms with Crippen molar-refractivity contribution in [3.8, 4) is 0 Å². The lowest BCUT2D eigenvalue weighted by Crippen LogP contribution is -2.57. The van der Waals surface area contributed by atoms with E-state index in [1.54, 1.807) is 0 Å². The Morgan fingerprint density at radius 3 is 2.56 bits per heavy atom. The molecule has 144 valence electrons. The highest BCUT2D eigenvalue weighted by atomic mass is 16.6. The molecule has 1 aromatic heterocycles. The van der Waals surface area contributed by atoms with Gasteiger partial charge in [0.05, 0.1) is 12.1 Å². The summed E-state index contributed by atoms with van der Waals surface area (Å²) in [6.45, 7) is 7.18. The molecule has 0 spiro atoms. The Labute approximate surface area is 158 Å². The molecule has 4 atom stereocenters. The SMILES string of the molecule is CC(C)(C)OC(=O)N1C2CCC1CN(c1ncnc3c1C1CC1C(=O)N3)C2. The molecular weight excluding hydrogens is 346 g/mol. The summed E-state index contributed by atoms with van der Waals surface area (Å²) in [6, 6.07) is 0.273. The summed E-state index contributed by atoms with van der Waals surface area (Å²) in [7, 11) is 0. The third-order valence-corrected chi connectivity index (χ3v) is 5.99. The van der Waals surface area contributed by atoms with Gasteiger partial charge in [0.1, 0.15) is 23.6 Å². The normalized spacial score (nSPS) is 31.1. The maximum absolute atomic E-state index is 12.7. The third-order valence-electron chi connectivity index (χ3n) is 5.99. The van der Waals surface area contributed by atoms with Crippen LogP contribution in [0, 0.1) is 5.92 Å². The van der Waals surface area contributed by atoms with E-state index >= 15 is 0 Å². The zero-order valence-corrected chi connectivity index (χ0v) is 15.9. The number of nitrogens with one attached hydrogen (secondary N) is 1. The van der Waals surface area contributed by atoms with Crippen molar-refractivity contribution in [2.75, 3.05) is 23.3 Å². The van der Waals surface area contributed by atoms with Crippen molar-refractivity contribution in [2.45, 2.75) is 63.6 Å². The molecular formula is C19H25N5O3. The van der Waals surface area contributed by atoms with Crippen molar-refractivity contribution in [3.63, 3.8) is 0 Å². The van der Waals surface area contributed by atoms with Crippen LogP contribution in [0.15, 0.2) is 6.33 Å². The number of rotatable bonds is 1. The summed E-state index contributed by atoms with van der Waals surface area (Å²) < 4.78 is 5.62. The molecule has 2 saturated heterocycles. The van der Waals surface area contributed by atoms with Crippen LogP contribution in [0.2, 0.25) is 0 Å². The molecule has 4 aliphatic rings. The topological polar surface area (TPSA) is 87.7 Å². The maximum atomic E-state index is 12.7. The van der Waals surface area contributed by atoms with Crippen molar-refractivity contribution >= 4 is 23.6 Å². The van der Waals surface area contributed by atoms with Gasteiger partial charge in [0.2, 0.25) is 5.91 Å².